The second-order valence-electron chi connectivity index (χ2n) is 8.78. The van der Waals surface area contributed by atoms with Gasteiger partial charge in [-0.2, -0.15) is 15.3 Å². The Morgan fingerprint density at radius 1 is 0.889 bits per heavy atom. The molecule has 240 valence electrons. The van der Waals surface area contributed by atoms with Crippen LogP contribution >= 0.6 is 0 Å². The summed E-state index contributed by atoms with van der Waals surface area (Å²) in [4.78, 5) is 11.4. The van der Waals surface area contributed by atoms with Crippen molar-refractivity contribution in [2.45, 2.75) is 46.2 Å². The Hall–Kier alpha value is -2.40. The molecule has 5 rings (SSSR count). The van der Waals surface area contributed by atoms with Crippen molar-refractivity contribution in [2.75, 3.05) is 6.61 Å². The Bertz CT molecular complexity index is 1920. The van der Waals surface area contributed by atoms with Crippen molar-refractivity contribution in [3.8, 4) is 29.6 Å². The van der Waals surface area contributed by atoms with Crippen LogP contribution in [0.1, 0.15) is 38.1 Å². The van der Waals surface area contributed by atoms with Gasteiger partial charge >= 0.3 is 0 Å². The molecule has 0 spiro atoms. The molecule has 0 fully saturated rings. The fraction of sp³-hybridized carbons (Fsp3) is 0.286. The number of rotatable bonds is 8. The average Bonchev–Trinajstić information content (AvgIpc) is 3.59. The lowest BCUT2D eigenvalue weighted by molar-refractivity contribution is 0.267. The first-order valence-electron chi connectivity index (χ1n) is 12.8. The number of nitrogens with zero attached hydrogens (tertiary/aromatic N) is 5. The Kier molecular flexibility index (Phi) is 18.4. The van der Waals surface area contributed by atoms with E-state index in [1.165, 1.54) is 22.4 Å². The maximum atomic E-state index is 11.4. The zero-order chi connectivity index (χ0) is 31.6. The summed E-state index contributed by atoms with van der Waals surface area (Å²) in [5.41, 5.74) is 3.30. The van der Waals surface area contributed by atoms with Crippen molar-refractivity contribution in [1.82, 2.24) is 19.6 Å². The van der Waals surface area contributed by atoms with Crippen LogP contribution in [-0.4, -0.2) is 31.8 Å². The van der Waals surface area contributed by atoms with Gasteiger partial charge in [0.05, 0.1) is 23.7 Å². The van der Waals surface area contributed by atoms with Gasteiger partial charge in [0.1, 0.15) is 0 Å². The maximum Gasteiger partial charge on any atom is 0.271 e. The molecular weight excluding hydrogens is 741 g/mol. The van der Waals surface area contributed by atoms with E-state index in [4.69, 9.17) is 11.2 Å². The summed E-state index contributed by atoms with van der Waals surface area (Å²) in [7, 11) is 10.9. The number of benzene rings is 2. The van der Waals surface area contributed by atoms with Crippen molar-refractivity contribution in [3.05, 3.63) is 94.5 Å². The van der Waals surface area contributed by atoms with Crippen LogP contribution in [0, 0.1) is 26.2 Å². The second-order valence-corrected chi connectivity index (χ2v) is 21.2. The topological polar surface area (TPSA) is 89.6 Å². The summed E-state index contributed by atoms with van der Waals surface area (Å²) in [5.74, 6) is 3.36. The van der Waals surface area contributed by atoms with E-state index in [1.54, 1.807) is 50.5 Å². The van der Waals surface area contributed by atoms with E-state index in [0.29, 0.717) is 13.0 Å². The van der Waals surface area contributed by atoms with Crippen LogP contribution in [0.25, 0.3) is 11.4 Å². The summed E-state index contributed by atoms with van der Waals surface area (Å²) >= 11 is 9.27. The zero-order valence-electron chi connectivity index (χ0n) is 23.6. The van der Waals surface area contributed by atoms with Crippen LogP contribution < -0.4 is 10.3 Å². The van der Waals surface area contributed by atoms with Gasteiger partial charge in [0, 0.05) is 122 Å². The van der Waals surface area contributed by atoms with Gasteiger partial charge in [-0.25, -0.2) is 9.36 Å². The highest BCUT2D eigenvalue weighted by Crippen LogP contribution is 2.36. The van der Waals surface area contributed by atoms with Crippen molar-refractivity contribution in [3.63, 3.8) is 0 Å². The number of para-hydroxylation sites is 2. The number of H-pyrrole nitrogens is 1. The van der Waals surface area contributed by atoms with Crippen molar-refractivity contribution >= 4 is 84.5 Å². The van der Waals surface area contributed by atoms with Gasteiger partial charge in [-0.3, -0.25) is 9.89 Å². The molecule has 0 bridgehead atoms. The molecule has 2 aromatic carbocycles. The van der Waals surface area contributed by atoms with Crippen LogP contribution in [0.2, 0.25) is 0 Å². The molecule has 2 aromatic heterocycles. The summed E-state index contributed by atoms with van der Waals surface area (Å²) in [6.45, 7) is 4.35. The molecule has 0 amide bonds. The molecule has 0 saturated heterocycles. The third-order valence-electron chi connectivity index (χ3n) is 5.63. The van der Waals surface area contributed by atoms with E-state index in [-0.39, 0.29) is 18.6 Å². The number of aromatic amines is 1. The Balaban J connectivity index is 0.000000261. The highest BCUT2D eigenvalue weighted by Gasteiger charge is 2.39. The summed E-state index contributed by atoms with van der Waals surface area (Å²) in [6.07, 6.45) is 7.52. The molecule has 17 heteroatoms. The van der Waals surface area contributed by atoms with Gasteiger partial charge in [-0.1, -0.05) is 43.8 Å². The molecule has 1 aliphatic heterocycles. The molecule has 3 heterocycles. The van der Waals surface area contributed by atoms with Crippen LogP contribution in [0.3, 0.4) is 0 Å². The van der Waals surface area contributed by atoms with E-state index in [2.05, 4.69) is 48.7 Å². The fourth-order valence-electron chi connectivity index (χ4n) is 3.66. The van der Waals surface area contributed by atoms with Gasteiger partial charge in [-0.05, 0) is 38.1 Å². The molecule has 0 unspecified atom stereocenters. The van der Waals surface area contributed by atoms with Crippen molar-refractivity contribution in [2.24, 2.45) is 10.2 Å². The number of ether oxygens (including phenoxy) is 1. The molecule has 1 N–H and O–H groups in total. The van der Waals surface area contributed by atoms with Crippen LogP contribution in [0.4, 0.5) is 0 Å². The van der Waals surface area contributed by atoms with Gasteiger partial charge in [0.25, 0.3) is 5.56 Å². The van der Waals surface area contributed by atoms with Gasteiger partial charge in [0.15, 0.2) is 5.66 Å². The zero-order valence-corrected chi connectivity index (χ0v) is 30.9. The van der Waals surface area contributed by atoms with E-state index >= 15 is 0 Å². The number of hydrogen-bond donors (Lipinski definition) is 1. The Morgan fingerprint density at radius 2 is 1.47 bits per heavy atom. The highest BCUT2D eigenvalue weighted by molar-refractivity contribution is 8.72. The quantitative estimate of drug-likeness (QED) is 0.236. The van der Waals surface area contributed by atoms with E-state index in [1.807, 2.05) is 85.3 Å². The minimum Gasteiger partial charge on any atom is -0.477 e. The van der Waals surface area contributed by atoms with Gasteiger partial charge in [-0.15, -0.1) is 12.3 Å². The third kappa shape index (κ3) is 13.9. The molecule has 0 aliphatic carbocycles. The largest absolute Gasteiger partial charge is 0.477 e. The van der Waals surface area contributed by atoms with Gasteiger partial charge in [0.2, 0.25) is 5.88 Å². The first-order chi connectivity index (χ1) is 21.4. The number of aromatic nitrogens is 4. The molecule has 45 heavy (non-hydrogen) atoms. The Labute approximate surface area is 293 Å². The predicted octanol–water partition coefficient (Wildman–Crippen LogP) is 5.61. The standard InChI is InChI=1S/C17H18N4O.C10H10N2O.CH4.S9/c1-3-4-10-17(19-20-17)11-12-22-16-13-14(2)18-21(16)15-8-6-5-7-9-15;1-8-7-10(13)12(11-8)9-5-3-2-4-6-9;;1-3-5-7-9-8-6-4-2/h1,5-9,13H,4,10-12H2,2H3;2-7,11H,1H3;1H4;. The minimum absolute atomic E-state index is 0. The predicted molar refractivity (Wildman–Crippen MR) is 208 cm³/mol. The molecule has 8 nitrogen and oxygen atoms in total. The molecular formula is C28H32N6O2S9. The summed E-state index contributed by atoms with van der Waals surface area (Å²) < 4.78 is 9.23. The van der Waals surface area contributed by atoms with Crippen LogP contribution in [0.5, 0.6) is 5.88 Å². The monoisotopic (exact) mass is 772 g/mol. The number of hydrogen-bond acceptors (Lipinski definition) is 7. The highest BCUT2D eigenvalue weighted by atomic mass is 33.4. The number of nitrogens with one attached hydrogen (secondary N) is 1. The lowest BCUT2D eigenvalue weighted by atomic mass is 10.1. The normalized spacial score (nSPS) is 11.4. The van der Waals surface area contributed by atoms with Crippen LogP contribution in [-0.2, 0) is 84.5 Å². The molecule has 0 radical (unpaired) electrons. The van der Waals surface area contributed by atoms with E-state index < -0.39 is 0 Å². The maximum absolute atomic E-state index is 11.4. The SMILES string of the molecule is C.C#CCCC1(CCOc2cc(C)nn2-c2ccccc2)N=N1.Cc1cc(=O)n(-c2ccccc2)[nH]1.S=S=S=S=S=S=S=S=S. The van der Waals surface area contributed by atoms with E-state index in [9.17, 15) is 4.79 Å². The lowest BCUT2D eigenvalue weighted by Gasteiger charge is -2.11. The Morgan fingerprint density at radius 3 is 1.98 bits per heavy atom. The molecule has 4 aromatic rings. The van der Waals surface area contributed by atoms with Crippen molar-refractivity contribution in [1.29, 1.82) is 0 Å². The van der Waals surface area contributed by atoms with Crippen LogP contribution in [0.15, 0.2) is 87.8 Å². The van der Waals surface area contributed by atoms with Gasteiger partial charge < -0.3 is 4.74 Å². The lowest BCUT2D eigenvalue weighted by Crippen LogP contribution is -2.16. The number of terminal acetylenes is 1. The summed E-state index contributed by atoms with van der Waals surface area (Å²) in [5, 5.41) is 15.7. The second kappa shape index (κ2) is 21.4. The van der Waals surface area contributed by atoms with E-state index in [0.717, 1.165) is 41.5 Å². The average molecular weight is 773 g/mol. The smallest absolute Gasteiger partial charge is 0.271 e. The molecule has 0 saturated carbocycles. The van der Waals surface area contributed by atoms with Crippen molar-refractivity contribution < 1.29 is 4.74 Å². The molecule has 1 aliphatic rings. The third-order valence-corrected chi connectivity index (χ3v) is 19.0. The fourth-order valence-corrected chi connectivity index (χ4v) is 17.4. The minimum atomic E-state index is -0.307. The first kappa shape index (κ1) is 38.8. The number of aryl methyl sites for hydroxylation is 2. The summed E-state index contributed by atoms with van der Waals surface area (Å²) in [6, 6.07) is 22.9. The first-order valence-corrected chi connectivity index (χ1v) is 23.5. The molecule has 0 atom stereocenters.